The molecule has 0 N–H and O–H groups in total. The molecule has 3 aliphatic carbocycles. The molecule has 0 bridgehead atoms. The maximum absolute atomic E-state index is 13.6. The fourth-order valence-corrected chi connectivity index (χ4v) is 7.82. The van der Waals surface area contributed by atoms with E-state index in [0.717, 1.165) is 5.69 Å². The first-order valence-electron chi connectivity index (χ1n) is 11.2. The minimum absolute atomic E-state index is 0.106. The Balaban J connectivity index is 1.19. The van der Waals surface area contributed by atoms with Gasteiger partial charge in [-0.3, -0.25) is 9.58 Å². The third-order valence-corrected chi connectivity index (χ3v) is 10.2. The minimum atomic E-state index is -4.18. The van der Waals surface area contributed by atoms with Crippen LogP contribution in [0.4, 0.5) is 13.2 Å². The highest BCUT2D eigenvalue weighted by Gasteiger charge is 2.67. The highest BCUT2D eigenvalue weighted by atomic mass is 32.2. The molecule has 160 valence electrons. The smallest absolute Gasteiger partial charge is 0.300 e. The van der Waals surface area contributed by atoms with E-state index in [4.69, 9.17) is 0 Å². The molecule has 1 aromatic rings. The van der Waals surface area contributed by atoms with Gasteiger partial charge in [0.05, 0.1) is 5.69 Å². The van der Waals surface area contributed by atoms with Crippen LogP contribution in [0, 0.1) is 17.3 Å². The molecule has 7 heteroatoms. The van der Waals surface area contributed by atoms with Crippen LogP contribution in [0.3, 0.4) is 0 Å². The summed E-state index contributed by atoms with van der Waals surface area (Å²) in [6, 6.07) is 2.63. The van der Waals surface area contributed by atoms with Crippen molar-refractivity contribution in [2.75, 3.05) is 24.6 Å². The molecule has 0 radical (unpaired) electrons. The minimum Gasteiger partial charge on any atom is -0.300 e. The third-order valence-electron chi connectivity index (χ3n) is 8.60. The zero-order valence-corrected chi connectivity index (χ0v) is 18.0. The summed E-state index contributed by atoms with van der Waals surface area (Å²) in [6.45, 7) is 6.60. The number of hydrogen-bond donors (Lipinski definition) is 0. The molecule has 6 rings (SSSR count). The van der Waals surface area contributed by atoms with E-state index in [1.54, 1.807) is 0 Å². The van der Waals surface area contributed by atoms with Crippen LogP contribution in [0.1, 0.15) is 69.3 Å². The monoisotopic (exact) mass is 425 g/mol. The Morgan fingerprint density at radius 3 is 2.31 bits per heavy atom. The Bertz CT molecular complexity index is 812. The molecule has 0 aromatic carbocycles. The number of alkyl halides is 3. The lowest BCUT2D eigenvalue weighted by Crippen LogP contribution is -2.41. The molecule has 2 atom stereocenters. The Morgan fingerprint density at radius 2 is 1.83 bits per heavy atom. The fourth-order valence-electron chi connectivity index (χ4n) is 6.57. The first-order valence-corrected chi connectivity index (χ1v) is 12.4. The van der Waals surface area contributed by atoms with E-state index < -0.39 is 11.6 Å². The zero-order valence-electron chi connectivity index (χ0n) is 17.2. The van der Waals surface area contributed by atoms with Crippen LogP contribution in [-0.4, -0.2) is 51.5 Å². The number of fused-ring (bicyclic) bond motifs is 1. The summed E-state index contributed by atoms with van der Waals surface area (Å²) in [7, 11) is 0. The van der Waals surface area contributed by atoms with Crippen molar-refractivity contribution in [3.63, 3.8) is 0 Å². The van der Waals surface area contributed by atoms with Crippen LogP contribution in [0.15, 0.2) is 6.07 Å². The summed E-state index contributed by atoms with van der Waals surface area (Å²) >= 11 is 2.08. The van der Waals surface area contributed by atoms with Gasteiger partial charge in [-0.2, -0.15) is 30.0 Å². The van der Waals surface area contributed by atoms with Gasteiger partial charge < -0.3 is 0 Å². The topological polar surface area (TPSA) is 21.1 Å². The Hall–Kier alpha value is -0.690. The quantitative estimate of drug-likeness (QED) is 0.678. The SMILES string of the molecule is CC(C)n1nc(C2(C(F)(F)F)CC2)cc1C1C2CC(N3CCC4(CSC4)C3)CC21. The highest BCUT2D eigenvalue weighted by molar-refractivity contribution is 8.00. The average Bonchev–Trinajstić information content (AvgIpc) is 3.34. The van der Waals surface area contributed by atoms with Crippen molar-refractivity contribution in [1.82, 2.24) is 14.7 Å². The second-order valence-corrected chi connectivity index (χ2v) is 11.8. The normalized spacial score (nSPS) is 37.2. The van der Waals surface area contributed by atoms with Crippen molar-refractivity contribution in [3.05, 3.63) is 17.5 Å². The van der Waals surface area contributed by atoms with Crippen LogP contribution in [0.2, 0.25) is 0 Å². The van der Waals surface area contributed by atoms with Gasteiger partial charge in [0.25, 0.3) is 0 Å². The molecule has 1 aromatic heterocycles. The molecule has 29 heavy (non-hydrogen) atoms. The molecular weight excluding hydrogens is 395 g/mol. The zero-order chi connectivity index (χ0) is 20.2. The van der Waals surface area contributed by atoms with E-state index in [-0.39, 0.29) is 24.6 Å². The summed E-state index contributed by atoms with van der Waals surface area (Å²) in [5.74, 6) is 4.40. The van der Waals surface area contributed by atoms with Crippen LogP contribution in [-0.2, 0) is 5.41 Å². The standard InChI is InChI=1S/C22H30F3N3S/c1-13(2)28-17(9-18(26-28)21(3-4-21)22(23,24)25)19-15-7-14(8-16(15)19)27-6-5-20(10-27)11-29-12-20/h9,13-16,19H,3-8,10-12H2,1-2H3. The van der Waals surface area contributed by atoms with E-state index in [1.807, 2.05) is 24.6 Å². The van der Waals surface area contributed by atoms with Crippen LogP contribution in [0.25, 0.3) is 0 Å². The molecular formula is C22H30F3N3S. The van der Waals surface area contributed by atoms with Crippen molar-refractivity contribution >= 4 is 11.8 Å². The van der Waals surface area contributed by atoms with Gasteiger partial charge in [-0.1, -0.05) is 0 Å². The largest absolute Gasteiger partial charge is 0.400 e. The van der Waals surface area contributed by atoms with Gasteiger partial charge in [-0.25, -0.2) is 0 Å². The summed E-state index contributed by atoms with van der Waals surface area (Å²) in [5, 5.41) is 4.52. The lowest BCUT2D eigenvalue weighted by molar-refractivity contribution is -0.161. The van der Waals surface area contributed by atoms with Gasteiger partial charge in [0, 0.05) is 47.2 Å². The fraction of sp³-hybridized carbons (Fsp3) is 0.864. The molecule has 1 spiro atoms. The highest BCUT2D eigenvalue weighted by Crippen LogP contribution is 2.66. The molecule has 0 amide bonds. The maximum Gasteiger partial charge on any atom is 0.400 e. The molecule has 3 nitrogen and oxygen atoms in total. The van der Waals surface area contributed by atoms with Crippen molar-refractivity contribution in [2.45, 2.75) is 75.5 Å². The predicted octanol–water partition coefficient (Wildman–Crippen LogP) is 4.99. The molecule has 5 aliphatic rings. The maximum atomic E-state index is 13.6. The number of aromatic nitrogens is 2. The average molecular weight is 426 g/mol. The summed E-state index contributed by atoms with van der Waals surface area (Å²) in [5.41, 5.74) is 0.295. The van der Waals surface area contributed by atoms with E-state index in [1.165, 1.54) is 43.9 Å². The van der Waals surface area contributed by atoms with E-state index in [9.17, 15) is 13.2 Å². The van der Waals surface area contributed by atoms with Crippen molar-refractivity contribution in [2.24, 2.45) is 17.3 Å². The van der Waals surface area contributed by atoms with Gasteiger partial charge >= 0.3 is 6.18 Å². The second-order valence-electron chi connectivity index (χ2n) is 10.8. The first-order chi connectivity index (χ1) is 13.7. The van der Waals surface area contributed by atoms with Crippen molar-refractivity contribution < 1.29 is 13.2 Å². The number of likely N-dealkylation sites (tertiary alicyclic amines) is 1. The lowest BCUT2D eigenvalue weighted by atomic mass is 9.91. The number of thioether (sulfide) groups is 1. The molecule has 3 heterocycles. The van der Waals surface area contributed by atoms with Gasteiger partial charge in [0.1, 0.15) is 5.41 Å². The molecule has 2 unspecified atom stereocenters. The Kier molecular flexibility index (Phi) is 3.91. The number of halogens is 3. The summed E-state index contributed by atoms with van der Waals surface area (Å²) in [4.78, 5) is 2.73. The number of nitrogens with zero attached hydrogens (tertiary/aromatic N) is 3. The summed E-state index contributed by atoms with van der Waals surface area (Å²) in [6.07, 6.45) is 0.0111. The van der Waals surface area contributed by atoms with E-state index >= 15 is 0 Å². The van der Waals surface area contributed by atoms with Gasteiger partial charge in [-0.05, 0) is 70.4 Å². The third kappa shape index (κ3) is 2.71. The van der Waals surface area contributed by atoms with Crippen LogP contribution < -0.4 is 0 Å². The van der Waals surface area contributed by atoms with Gasteiger partial charge in [-0.15, -0.1) is 0 Å². The van der Waals surface area contributed by atoms with E-state index in [0.29, 0.717) is 29.2 Å². The molecule has 2 aliphatic heterocycles. The lowest BCUT2D eigenvalue weighted by Gasteiger charge is -2.38. The number of hydrogen-bond acceptors (Lipinski definition) is 3. The second kappa shape index (κ2) is 5.96. The van der Waals surface area contributed by atoms with Crippen LogP contribution in [0.5, 0.6) is 0 Å². The predicted molar refractivity (Wildman–Crippen MR) is 108 cm³/mol. The van der Waals surface area contributed by atoms with Gasteiger partial charge in [0.2, 0.25) is 0 Å². The molecule has 2 saturated heterocycles. The molecule has 3 saturated carbocycles. The van der Waals surface area contributed by atoms with Gasteiger partial charge in [0.15, 0.2) is 0 Å². The Morgan fingerprint density at radius 1 is 1.14 bits per heavy atom. The first kappa shape index (κ1) is 19.0. The summed E-state index contributed by atoms with van der Waals surface area (Å²) < 4.78 is 42.8. The van der Waals surface area contributed by atoms with Crippen LogP contribution >= 0.6 is 11.8 Å². The van der Waals surface area contributed by atoms with Crippen molar-refractivity contribution in [1.29, 1.82) is 0 Å². The van der Waals surface area contributed by atoms with E-state index in [2.05, 4.69) is 21.8 Å². The Labute approximate surface area is 174 Å². The number of rotatable bonds is 4. The molecule has 5 fully saturated rings. The van der Waals surface area contributed by atoms with Crippen molar-refractivity contribution in [3.8, 4) is 0 Å².